The largest absolute Gasteiger partial charge is 0.0622 e. The monoisotopic (exact) mass is 232 g/mol. The molecule has 0 heteroatoms. The summed E-state index contributed by atoms with van der Waals surface area (Å²) in [5.41, 5.74) is 7.57. The molecule has 18 heavy (non-hydrogen) atoms. The third-order valence-corrected chi connectivity index (χ3v) is 4.12. The fourth-order valence-electron chi connectivity index (χ4n) is 3.11. The molecule has 2 aliphatic rings. The summed E-state index contributed by atoms with van der Waals surface area (Å²) in [6.07, 6.45) is 3.95. The van der Waals surface area contributed by atoms with Crippen molar-refractivity contribution in [3.05, 3.63) is 76.9 Å². The first-order chi connectivity index (χ1) is 8.93. The highest BCUT2D eigenvalue weighted by atomic mass is 14.4. The van der Waals surface area contributed by atoms with Crippen molar-refractivity contribution >= 4 is 5.57 Å². The van der Waals surface area contributed by atoms with Gasteiger partial charge in [-0.05, 0) is 47.4 Å². The minimum absolute atomic E-state index is 0.854. The zero-order valence-corrected chi connectivity index (χ0v) is 10.4. The van der Waals surface area contributed by atoms with Gasteiger partial charge < -0.3 is 0 Å². The Morgan fingerprint density at radius 2 is 1.50 bits per heavy atom. The molecule has 0 atom stereocenters. The zero-order chi connectivity index (χ0) is 11.9. The zero-order valence-electron chi connectivity index (χ0n) is 10.4. The van der Waals surface area contributed by atoms with Crippen LogP contribution in [0, 0.1) is 5.92 Å². The first-order valence-electron chi connectivity index (χ1n) is 6.80. The number of benzene rings is 2. The highest BCUT2D eigenvalue weighted by molar-refractivity contribution is 5.87. The number of rotatable bonds is 2. The molecule has 0 N–H and O–H groups in total. The van der Waals surface area contributed by atoms with Crippen LogP contribution in [0.2, 0.25) is 0 Å². The molecule has 88 valence electrons. The van der Waals surface area contributed by atoms with Gasteiger partial charge in [-0.25, -0.2) is 0 Å². The molecular formula is C18H16. The maximum absolute atomic E-state index is 2.29. The van der Waals surface area contributed by atoms with E-state index < -0.39 is 0 Å². The van der Waals surface area contributed by atoms with E-state index in [9.17, 15) is 0 Å². The van der Waals surface area contributed by atoms with E-state index in [-0.39, 0.29) is 0 Å². The normalized spacial score (nSPS) is 18.0. The highest BCUT2D eigenvalue weighted by Crippen LogP contribution is 2.48. The van der Waals surface area contributed by atoms with Crippen molar-refractivity contribution in [2.45, 2.75) is 19.3 Å². The van der Waals surface area contributed by atoms with E-state index in [2.05, 4.69) is 54.6 Å². The van der Waals surface area contributed by atoms with Crippen molar-refractivity contribution < 1.29 is 0 Å². The van der Waals surface area contributed by atoms with E-state index in [1.807, 2.05) is 0 Å². The second-order valence-electron chi connectivity index (χ2n) is 5.37. The third-order valence-electron chi connectivity index (χ3n) is 4.12. The van der Waals surface area contributed by atoms with Gasteiger partial charge in [0.1, 0.15) is 0 Å². The van der Waals surface area contributed by atoms with Crippen molar-refractivity contribution in [2.24, 2.45) is 5.92 Å². The Bertz CT molecular complexity index is 615. The molecule has 0 bridgehead atoms. The summed E-state index contributed by atoms with van der Waals surface area (Å²) in [7, 11) is 0. The molecule has 0 radical (unpaired) electrons. The molecule has 0 nitrogen and oxygen atoms in total. The number of fused-ring (bicyclic) bond motifs is 1. The summed E-state index contributed by atoms with van der Waals surface area (Å²) in [6.45, 7) is 0. The SMILES string of the molecule is c1ccc(C2=C(C3CC3)Cc3ccccc32)cc1. The summed E-state index contributed by atoms with van der Waals surface area (Å²) in [5, 5.41) is 0. The molecule has 2 aromatic carbocycles. The van der Waals surface area contributed by atoms with Crippen molar-refractivity contribution in [1.82, 2.24) is 0 Å². The minimum Gasteiger partial charge on any atom is -0.0622 e. The van der Waals surface area contributed by atoms with Crippen molar-refractivity contribution in [2.75, 3.05) is 0 Å². The van der Waals surface area contributed by atoms with Gasteiger partial charge >= 0.3 is 0 Å². The molecule has 2 aliphatic carbocycles. The Morgan fingerprint density at radius 1 is 0.778 bits per heavy atom. The summed E-state index contributed by atoms with van der Waals surface area (Å²) in [6, 6.07) is 19.8. The van der Waals surface area contributed by atoms with Crippen LogP contribution in [0.5, 0.6) is 0 Å². The van der Waals surface area contributed by atoms with Crippen molar-refractivity contribution in [1.29, 1.82) is 0 Å². The van der Waals surface area contributed by atoms with Crippen LogP contribution in [0.4, 0.5) is 0 Å². The lowest BCUT2D eigenvalue weighted by Gasteiger charge is -2.08. The van der Waals surface area contributed by atoms with Gasteiger partial charge in [-0.15, -0.1) is 0 Å². The fraction of sp³-hybridized carbons (Fsp3) is 0.222. The van der Waals surface area contributed by atoms with E-state index in [1.165, 1.54) is 41.5 Å². The van der Waals surface area contributed by atoms with Crippen LogP contribution in [-0.4, -0.2) is 0 Å². The summed E-state index contributed by atoms with van der Waals surface area (Å²) < 4.78 is 0. The Hall–Kier alpha value is -1.82. The van der Waals surface area contributed by atoms with E-state index in [4.69, 9.17) is 0 Å². The van der Waals surface area contributed by atoms with E-state index in [1.54, 1.807) is 5.57 Å². The van der Waals surface area contributed by atoms with Gasteiger partial charge in [0.2, 0.25) is 0 Å². The van der Waals surface area contributed by atoms with Crippen LogP contribution >= 0.6 is 0 Å². The molecule has 0 saturated heterocycles. The molecule has 1 saturated carbocycles. The molecule has 0 aliphatic heterocycles. The van der Waals surface area contributed by atoms with Crippen LogP contribution in [0.1, 0.15) is 29.5 Å². The minimum atomic E-state index is 0.854. The lowest BCUT2D eigenvalue weighted by Crippen LogP contribution is -1.90. The van der Waals surface area contributed by atoms with E-state index in [0.29, 0.717) is 0 Å². The Labute approximate surface area is 108 Å². The van der Waals surface area contributed by atoms with Gasteiger partial charge in [-0.3, -0.25) is 0 Å². The number of allylic oxidation sites excluding steroid dienone is 1. The summed E-state index contributed by atoms with van der Waals surface area (Å²) >= 11 is 0. The van der Waals surface area contributed by atoms with Crippen LogP contribution in [0.25, 0.3) is 5.57 Å². The van der Waals surface area contributed by atoms with Gasteiger partial charge in [-0.1, -0.05) is 60.2 Å². The van der Waals surface area contributed by atoms with Crippen LogP contribution < -0.4 is 0 Å². The first-order valence-corrected chi connectivity index (χ1v) is 6.80. The number of hydrogen-bond acceptors (Lipinski definition) is 0. The van der Waals surface area contributed by atoms with Crippen LogP contribution in [-0.2, 0) is 6.42 Å². The molecule has 0 unspecified atom stereocenters. The Balaban J connectivity index is 1.92. The molecular weight excluding hydrogens is 216 g/mol. The van der Waals surface area contributed by atoms with Gasteiger partial charge in [0, 0.05) is 0 Å². The fourth-order valence-corrected chi connectivity index (χ4v) is 3.11. The smallest absolute Gasteiger partial charge is 0.00487 e. The molecule has 0 spiro atoms. The van der Waals surface area contributed by atoms with Crippen molar-refractivity contribution in [3.8, 4) is 0 Å². The third kappa shape index (κ3) is 1.53. The van der Waals surface area contributed by atoms with Gasteiger partial charge in [-0.2, -0.15) is 0 Å². The van der Waals surface area contributed by atoms with Gasteiger partial charge in [0.05, 0.1) is 0 Å². The van der Waals surface area contributed by atoms with Crippen LogP contribution in [0.15, 0.2) is 60.2 Å². The second-order valence-corrected chi connectivity index (χ2v) is 5.37. The van der Waals surface area contributed by atoms with Crippen molar-refractivity contribution in [3.63, 3.8) is 0 Å². The molecule has 2 aromatic rings. The molecule has 0 amide bonds. The van der Waals surface area contributed by atoms with Gasteiger partial charge in [0.25, 0.3) is 0 Å². The predicted octanol–water partition coefficient (Wildman–Crippen LogP) is 4.45. The van der Waals surface area contributed by atoms with Crippen LogP contribution in [0.3, 0.4) is 0 Å². The van der Waals surface area contributed by atoms with Gasteiger partial charge in [0.15, 0.2) is 0 Å². The molecule has 4 rings (SSSR count). The maximum Gasteiger partial charge on any atom is -0.00487 e. The average molecular weight is 232 g/mol. The average Bonchev–Trinajstić information content (AvgIpc) is 3.20. The highest BCUT2D eigenvalue weighted by Gasteiger charge is 2.33. The topological polar surface area (TPSA) is 0 Å². The summed E-state index contributed by atoms with van der Waals surface area (Å²) in [4.78, 5) is 0. The first kappa shape index (κ1) is 10.1. The quantitative estimate of drug-likeness (QED) is 0.717. The summed E-state index contributed by atoms with van der Waals surface area (Å²) in [5.74, 6) is 0.854. The van der Waals surface area contributed by atoms with E-state index in [0.717, 1.165) is 5.92 Å². The standard InChI is InChI=1S/C18H16/c1-2-6-14(7-3-1)18-16-9-5-4-8-15(16)12-17(18)13-10-11-13/h1-9,13H,10-12H2. The maximum atomic E-state index is 2.29. The number of hydrogen-bond donors (Lipinski definition) is 0. The molecule has 0 heterocycles. The van der Waals surface area contributed by atoms with E-state index >= 15 is 0 Å². The second kappa shape index (κ2) is 3.84. The lowest BCUT2D eigenvalue weighted by molar-refractivity contribution is 0.958. The lowest BCUT2D eigenvalue weighted by atomic mass is 9.96. The molecule has 1 fully saturated rings. The predicted molar refractivity (Wildman–Crippen MR) is 75.3 cm³/mol. The Kier molecular flexibility index (Phi) is 2.16. The Morgan fingerprint density at radius 3 is 2.28 bits per heavy atom. The molecule has 0 aromatic heterocycles.